The minimum Gasteiger partial charge on any atom is -0.365 e. The summed E-state index contributed by atoms with van der Waals surface area (Å²) in [5.74, 6) is -0.852. The van der Waals surface area contributed by atoms with Gasteiger partial charge in [0.2, 0.25) is 11.8 Å². The Kier molecular flexibility index (Phi) is 4.57. The summed E-state index contributed by atoms with van der Waals surface area (Å²) in [4.78, 5) is 49.9. The number of hydrogen-bond donors (Lipinski definition) is 1. The molecule has 2 fully saturated rings. The topological polar surface area (TPSA) is 86.8 Å². The van der Waals surface area contributed by atoms with Gasteiger partial charge in [-0.3, -0.25) is 29.0 Å². The standard InChI is InChI=1S/C16H17N3O4S/c1-10-4-2-3-5-11(10)17-14-15(22)19(16(23)24-14)9-8-18-12(20)6-7-13(18)21/h2-5,14,17H,6-9H2,1H3. The number of nitrogens with zero attached hydrogens (tertiary/aromatic N) is 2. The minimum atomic E-state index is -0.691. The number of aryl methyl sites for hydroxylation is 1. The fraction of sp³-hybridized carbons (Fsp3) is 0.375. The Morgan fingerprint density at radius 2 is 1.67 bits per heavy atom. The highest BCUT2D eigenvalue weighted by atomic mass is 32.2. The lowest BCUT2D eigenvalue weighted by molar-refractivity contribution is -0.139. The van der Waals surface area contributed by atoms with Gasteiger partial charge in [0, 0.05) is 31.6 Å². The highest BCUT2D eigenvalue weighted by Gasteiger charge is 2.40. The van der Waals surface area contributed by atoms with Crippen molar-refractivity contribution in [2.75, 3.05) is 18.4 Å². The Labute approximate surface area is 143 Å². The quantitative estimate of drug-likeness (QED) is 0.814. The molecule has 8 heteroatoms. The second kappa shape index (κ2) is 6.64. The molecule has 1 aromatic carbocycles. The van der Waals surface area contributed by atoms with Crippen LogP contribution >= 0.6 is 11.8 Å². The van der Waals surface area contributed by atoms with Crippen LogP contribution in [-0.4, -0.2) is 51.2 Å². The maximum absolute atomic E-state index is 12.4. The fourth-order valence-corrected chi connectivity index (χ4v) is 3.61. The number of hydrogen-bond acceptors (Lipinski definition) is 6. The number of amides is 4. The molecule has 2 aliphatic rings. The summed E-state index contributed by atoms with van der Waals surface area (Å²) in [5.41, 5.74) is 1.77. The van der Waals surface area contributed by atoms with Crippen LogP contribution in [-0.2, 0) is 14.4 Å². The van der Waals surface area contributed by atoms with Gasteiger partial charge in [-0.05, 0) is 30.3 Å². The molecule has 126 valence electrons. The molecule has 2 heterocycles. The second-order valence-electron chi connectivity index (χ2n) is 5.65. The molecule has 1 atom stereocenters. The first kappa shape index (κ1) is 16.5. The molecule has 1 aromatic rings. The first-order valence-electron chi connectivity index (χ1n) is 7.65. The third kappa shape index (κ3) is 3.14. The third-order valence-electron chi connectivity index (χ3n) is 4.06. The van der Waals surface area contributed by atoms with Crippen molar-refractivity contribution in [3.63, 3.8) is 0 Å². The maximum atomic E-state index is 12.4. The van der Waals surface area contributed by atoms with Gasteiger partial charge in [-0.25, -0.2) is 0 Å². The summed E-state index contributed by atoms with van der Waals surface area (Å²) >= 11 is 0.907. The van der Waals surface area contributed by atoms with E-state index in [4.69, 9.17) is 0 Å². The number of likely N-dealkylation sites (tertiary alicyclic amines) is 1. The Morgan fingerprint density at radius 3 is 2.33 bits per heavy atom. The Morgan fingerprint density at radius 1 is 1.04 bits per heavy atom. The largest absolute Gasteiger partial charge is 0.365 e. The van der Waals surface area contributed by atoms with E-state index in [9.17, 15) is 19.2 Å². The zero-order valence-electron chi connectivity index (χ0n) is 13.2. The van der Waals surface area contributed by atoms with Gasteiger partial charge in [0.05, 0.1) is 0 Å². The Hall–Kier alpha value is -2.35. The first-order valence-corrected chi connectivity index (χ1v) is 8.52. The molecule has 2 saturated heterocycles. The van der Waals surface area contributed by atoms with Crippen LogP contribution in [0.5, 0.6) is 0 Å². The average Bonchev–Trinajstić information content (AvgIpc) is 3.00. The van der Waals surface area contributed by atoms with Gasteiger partial charge in [0.15, 0.2) is 5.37 Å². The summed E-state index contributed by atoms with van der Waals surface area (Å²) in [7, 11) is 0. The van der Waals surface area contributed by atoms with Crippen molar-refractivity contribution in [3.8, 4) is 0 Å². The number of carbonyl (C=O) groups is 4. The highest BCUT2D eigenvalue weighted by molar-refractivity contribution is 8.15. The number of rotatable bonds is 5. The van der Waals surface area contributed by atoms with Crippen molar-refractivity contribution in [2.45, 2.75) is 25.1 Å². The lowest BCUT2D eigenvalue weighted by Crippen LogP contribution is -2.41. The summed E-state index contributed by atoms with van der Waals surface area (Å²) in [6.07, 6.45) is 0.403. The normalized spacial score (nSPS) is 21.1. The van der Waals surface area contributed by atoms with Crippen LogP contribution in [0.25, 0.3) is 0 Å². The average molecular weight is 347 g/mol. The van der Waals surface area contributed by atoms with Crippen molar-refractivity contribution >= 4 is 40.4 Å². The lowest BCUT2D eigenvalue weighted by Gasteiger charge is -2.19. The van der Waals surface area contributed by atoms with Gasteiger partial charge in [-0.2, -0.15) is 0 Å². The number of nitrogens with one attached hydrogen (secondary N) is 1. The predicted octanol–water partition coefficient (Wildman–Crippen LogP) is 1.58. The molecular formula is C16H17N3O4S. The van der Waals surface area contributed by atoms with Crippen LogP contribution < -0.4 is 5.32 Å². The molecule has 0 bridgehead atoms. The van der Waals surface area contributed by atoms with E-state index in [2.05, 4.69) is 5.32 Å². The van der Waals surface area contributed by atoms with Crippen LogP contribution in [0.2, 0.25) is 0 Å². The number of carbonyl (C=O) groups excluding carboxylic acids is 4. The van der Waals surface area contributed by atoms with Crippen molar-refractivity contribution < 1.29 is 19.2 Å². The van der Waals surface area contributed by atoms with Gasteiger partial charge < -0.3 is 5.32 Å². The van der Waals surface area contributed by atoms with E-state index in [1.54, 1.807) is 0 Å². The van der Waals surface area contributed by atoms with Crippen molar-refractivity contribution in [3.05, 3.63) is 29.8 Å². The van der Waals surface area contributed by atoms with E-state index < -0.39 is 5.37 Å². The molecule has 0 radical (unpaired) electrons. The van der Waals surface area contributed by atoms with Crippen LogP contribution in [0.4, 0.5) is 10.5 Å². The molecule has 7 nitrogen and oxygen atoms in total. The zero-order valence-corrected chi connectivity index (χ0v) is 14.0. The number of para-hydroxylation sites is 1. The predicted molar refractivity (Wildman–Crippen MR) is 89.2 cm³/mol. The van der Waals surface area contributed by atoms with Crippen LogP contribution in [0.15, 0.2) is 24.3 Å². The molecule has 0 saturated carbocycles. The van der Waals surface area contributed by atoms with Gasteiger partial charge in [-0.15, -0.1) is 0 Å². The van der Waals surface area contributed by atoms with E-state index in [1.165, 1.54) is 0 Å². The van der Waals surface area contributed by atoms with Crippen LogP contribution in [0.3, 0.4) is 0 Å². The number of anilines is 1. The summed E-state index contributed by atoms with van der Waals surface area (Å²) in [6.45, 7) is 2.01. The third-order valence-corrected chi connectivity index (χ3v) is 5.04. The SMILES string of the molecule is Cc1ccccc1NC1SC(=O)N(CCN2C(=O)CCC2=O)C1=O. The van der Waals surface area contributed by atoms with Crippen molar-refractivity contribution in [1.82, 2.24) is 9.80 Å². The van der Waals surface area contributed by atoms with Crippen LogP contribution in [0, 0.1) is 6.92 Å². The van der Waals surface area contributed by atoms with Crippen molar-refractivity contribution in [1.29, 1.82) is 0 Å². The molecule has 0 spiro atoms. The maximum Gasteiger partial charge on any atom is 0.290 e. The summed E-state index contributed by atoms with van der Waals surface area (Å²) in [5, 5.41) is 2.01. The van der Waals surface area contributed by atoms with Crippen LogP contribution in [0.1, 0.15) is 18.4 Å². The van der Waals surface area contributed by atoms with Gasteiger partial charge in [-0.1, -0.05) is 18.2 Å². The van der Waals surface area contributed by atoms with Gasteiger partial charge >= 0.3 is 0 Å². The number of imide groups is 2. The number of benzene rings is 1. The molecule has 24 heavy (non-hydrogen) atoms. The van der Waals surface area contributed by atoms with Crippen molar-refractivity contribution in [2.24, 2.45) is 0 Å². The number of thioether (sulfide) groups is 1. The van der Waals surface area contributed by atoms with E-state index in [0.29, 0.717) is 0 Å². The molecule has 0 aromatic heterocycles. The van der Waals surface area contributed by atoms with Gasteiger partial charge in [0.1, 0.15) is 0 Å². The Bertz CT molecular complexity index is 705. The molecular weight excluding hydrogens is 330 g/mol. The molecule has 4 amide bonds. The fourth-order valence-electron chi connectivity index (χ4n) is 2.69. The van der Waals surface area contributed by atoms with E-state index in [0.717, 1.165) is 32.8 Å². The molecule has 1 unspecified atom stereocenters. The molecule has 2 aliphatic heterocycles. The second-order valence-corrected chi connectivity index (χ2v) is 6.71. The Balaban J connectivity index is 1.63. The zero-order chi connectivity index (χ0) is 17.3. The van der Waals surface area contributed by atoms with E-state index in [-0.39, 0.29) is 48.9 Å². The molecule has 0 aliphatic carbocycles. The summed E-state index contributed by atoms with van der Waals surface area (Å²) < 4.78 is 0. The first-order chi connectivity index (χ1) is 11.5. The molecule has 3 rings (SSSR count). The molecule has 1 N–H and O–H groups in total. The van der Waals surface area contributed by atoms with Gasteiger partial charge in [0.25, 0.3) is 11.1 Å². The summed E-state index contributed by atoms with van der Waals surface area (Å²) in [6, 6.07) is 7.50. The smallest absolute Gasteiger partial charge is 0.290 e. The monoisotopic (exact) mass is 347 g/mol. The van der Waals surface area contributed by atoms with E-state index in [1.807, 2.05) is 31.2 Å². The van der Waals surface area contributed by atoms with E-state index >= 15 is 0 Å². The highest BCUT2D eigenvalue weighted by Crippen LogP contribution is 2.29. The lowest BCUT2D eigenvalue weighted by atomic mass is 10.2. The minimum absolute atomic E-state index is 0.0358.